The van der Waals surface area contributed by atoms with Crippen molar-refractivity contribution in [3.05, 3.63) is 89.5 Å². The van der Waals surface area contributed by atoms with Crippen LogP contribution in [0.4, 0.5) is 17.1 Å². The summed E-state index contributed by atoms with van der Waals surface area (Å²) in [6.07, 6.45) is 0.923. The molecule has 15 nitrogen and oxygen atoms in total. The van der Waals surface area contributed by atoms with E-state index in [-0.39, 0.29) is 29.3 Å². The van der Waals surface area contributed by atoms with Gasteiger partial charge in [0.1, 0.15) is 0 Å². The number of carboxylic acid groups (broad SMARTS) is 1. The Balaban J connectivity index is 0.000000230. The van der Waals surface area contributed by atoms with Gasteiger partial charge in [-0.1, -0.05) is 0 Å². The van der Waals surface area contributed by atoms with Gasteiger partial charge in [-0.15, -0.1) is 0 Å². The third kappa shape index (κ3) is 15.7. The summed E-state index contributed by atoms with van der Waals surface area (Å²) in [5.41, 5.74) is 8.57. The molecule has 0 radical (unpaired) electrons. The van der Waals surface area contributed by atoms with Crippen LogP contribution >= 0.6 is 0 Å². The predicted molar refractivity (Wildman–Crippen MR) is 208 cm³/mol. The minimum absolute atomic E-state index is 0.00949. The van der Waals surface area contributed by atoms with E-state index in [2.05, 4.69) is 53.8 Å². The number of likely N-dealkylation sites (N-methyl/N-ethyl adjacent to an activating group) is 2. The molecule has 5 rings (SSSR count). The van der Waals surface area contributed by atoms with E-state index in [4.69, 9.17) is 10.8 Å². The Morgan fingerprint density at radius 3 is 1.24 bits per heavy atom. The molecule has 2 heterocycles. The second-order valence-corrected chi connectivity index (χ2v) is 13.0. The number of benzene rings is 3. The lowest BCUT2D eigenvalue weighted by Crippen LogP contribution is -2.45. The molecule has 3 aromatic rings. The number of nitrogens with one attached hydrogen (secondary N) is 2. The number of esters is 2. The summed E-state index contributed by atoms with van der Waals surface area (Å²) >= 11 is 0. The molecule has 2 saturated heterocycles. The molecule has 2 amide bonds. The molecule has 2 aliphatic heterocycles. The second-order valence-electron chi connectivity index (χ2n) is 13.0. The van der Waals surface area contributed by atoms with Crippen molar-refractivity contribution in [3.63, 3.8) is 0 Å². The summed E-state index contributed by atoms with van der Waals surface area (Å²) in [5.74, 6) is -1.75. The van der Waals surface area contributed by atoms with E-state index < -0.39 is 5.97 Å². The van der Waals surface area contributed by atoms with Gasteiger partial charge in [0.15, 0.2) is 0 Å². The van der Waals surface area contributed by atoms with Crippen molar-refractivity contribution >= 4 is 46.8 Å². The standard InChI is InChI=1S/C16H23N3O3.C15H21N3O3.C8H9NO2/c1-18-9-11-19(12-10-18)8-7-15(20)17-14-5-3-13(4-6-14)16(21)22-2;1-17-8-10-18(11-9-17)7-6-14(19)16-13-4-2-12(3-5-13)15(20)21;1-11-8(10)6-2-4-7(9)5-3-6/h3-6H,7-12H2,1-2H3,(H,17,20);2-5H,6-11H2,1H3,(H,16,19)(H,20,21);2-5H,9H2,1H3. The number of carbonyl (C=O) groups excluding carboxylic acids is 4. The third-order valence-electron chi connectivity index (χ3n) is 8.84. The lowest BCUT2D eigenvalue weighted by atomic mass is 10.2. The number of amides is 2. The molecule has 54 heavy (non-hydrogen) atoms. The number of nitrogen functional groups attached to an aromatic ring is 1. The van der Waals surface area contributed by atoms with Crippen LogP contribution in [0.3, 0.4) is 0 Å². The fourth-order valence-electron chi connectivity index (χ4n) is 5.35. The number of ether oxygens (including phenoxy) is 2. The topological polar surface area (TPSA) is 187 Å². The fourth-order valence-corrected chi connectivity index (χ4v) is 5.35. The minimum atomic E-state index is -0.969. The van der Waals surface area contributed by atoms with Gasteiger partial charge in [-0.05, 0) is 86.9 Å². The Morgan fingerprint density at radius 2 is 0.907 bits per heavy atom. The zero-order valence-corrected chi connectivity index (χ0v) is 31.6. The molecule has 5 N–H and O–H groups in total. The number of methoxy groups -OCH3 is 2. The molecule has 3 aromatic carbocycles. The monoisotopic (exact) mass is 747 g/mol. The van der Waals surface area contributed by atoms with Crippen LogP contribution in [0.25, 0.3) is 0 Å². The Labute approximate surface area is 317 Å². The van der Waals surface area contributed by atoms with Crippen LogP contribution in [0, 0.1) is 0 Å². The molecule has 2 fully saturated rings. The van der Waals surface area contributed by atoms with Crippen LogP contribution in [0.15, 0.2) is 72.8 Å². The molecular weight excluding hydrogens is 694 g/mol. The maximum atomic E-state index is 12.0. The Kier molecular flexibility index (Phi) is 18.1. The summed E-state index contributed by atoms with van der Waals surface area (Å²) < 4.78 is 9.13. The number of hydrogen-bond acceptors (Lipinski definition) is 12. The Morgan fingerprint density at radius 1 is 0.574 bits per heavy atom. The summed E-state index contributed by atoms with van der Waals surface area (Å²) in [6.45, 7) is 9.74. The highest BCUT2D eigenvalue weighted by Crippen LogP contribution is 2.12. The highest BCUT2D eigenvalue weighted by molar-refractivity contribution is 5.94. The van der Waals surface area contributed by atoms with Gasteiger partial charge in [-0.2, -0.15) is 0 Å². The van der Waals surface area contributed by atoms with Crippen LogP contribution < -0.4 is 16.4 Å². The highest BCUT2D eigenvalue weighted by Gasteiger charge is 2.16. The van der Waals surface area contributed by atoms with E-state index in [1.54, 1.807) is 60.7 Å². The fraction of sp³-hybridized carbons (Fsp3) is 0.410. The van der Waals surface area contributed by atoms with E-state index in [1.807, 2.05) is 0 Å². The number of carbonyl (C=O) groups is 5. The summed E-state index contributed by atoms with van der Waals surface area (Å²) in [4.78, 5) is 65.9. The molecular formula is C39H53N7O8. The normalized spacial score (nSPS) is 15.0. The number of anilines is 3. The first-order chi connectivity index (χ1) is 25.9. The van der Waals surface area contributed by atoms with Gasteiger partial charge in [0, 0.05) is 95.4 Å². The predicted octanol–water partition coefficient (Wildman–Crippen LogP) is 3.07. The van der Waals surface area contributed by atoms with Gasteiger partial charge >= 0.3 is 17.9 Å². The molecule has 0 bridgehead atoms. The van der Waals surface area contributed by atoms with E-state index in [0.717, 1.165) is 65.4 Å². The molecule has 0 aromatic heterocycles. The number of nitrogens with zero attached hydrogens (tertiary/aromatic N) is 4. The molecule has 2 aliphatic rings. The lowest BCUT2D eigenvalue weighted by molar-refractivity contribution is -0.117. The summed E-state index contributed by atoms with van der Waals surface area (Å²) in [6, 6.07) is 19.5. The SMILES string of the molecule is CN1CCN(CCC(=O)Nc2ccc(C(=O)O)cc2)CC1.COC(=O)c1ccc(N)cc1.COC(=O)c1ccc(NC(=O)CCN2CCN(C)CC2)cc1. The van der Waals surface area contributed by atoms with Crippen molar-refractivity contribution in [2.75, 3.05) is 110 Å². The Hall–Kier alpha value is -5.35. The molecule has 0 spiro atoms. The minimum Gasteiger partial charge on any atom is -0.478 e. The van der Waals surface area contributed by atoms with Crippen LogP contribution in [0.1, 0.15) is 43.9 Å². The van der Waals surface area contributed by atoms with E-state index in [0.29, 0.717) is 41.0 Å². The Bertz CT molecular complexity index is 1640. The largest absolute Gasteiger partial charge is 0.478 e. The van der Waals surface area contributed by atoms with Gasteiger partial charge in [-0.25, -0.2) is 14.4 Å². The van der Waals surface area contributed by atoms with Gasteiger partial charge in [0.25, 0.3) is 0 Å². The van der Waals surface area contributed by atoms with E-state index in [1.165, 1.54) is 26.4 Å². The number of hydrogen-bond donors (Lipinski definition) is 4. The number of aromatic carboxylic acids is 1. The third-order valence-corrected chi connectivity index (χ3v) is 8.84. The number of rotatable bonds is 11. The van der Waals surface area contributed by atoms with Gasteiger partial charge in [-0.3, -0.25) is 9.59 Å². The van der Waals surface area contributed by atoms with Crippen LogP contribution in [-0.2, 0) is 19.1 Å². The van der Waals surface area contributed by atoms with Crippen molar-refractivity contribution in [3.8, 4) is 0 Å². The van der Waals surface area contributed by atoms with Crippen LogP contribution in [0.5, 0.6) is 0 Å². The smallest absolute Gasteiger partial charge is 0.337 e. The lowest BCUT2D eigenvalue weighted by Gasteiger charge is -2.32. The molecule has 0 aliphatic carbocycles. The average Bonchev–Trinajstić information content (AvgIpc) is 3.18. The summed E-state index contributed by atoms with van der Waals surface area (Å²) in [5, 5.41) is 14.4. The van der Waals surface area contributed by atoms with Crippen molar-refractivity contribution in [1.29, 1.82) is 0 Å². The molecule has 292 valence electrons. The highest BCUT2D eigenvalue weighted by atomic mass is 16.5. The molecule has 0 saturated carbocycles. The van der Waals surface area contributed by atoms with E-state index >= 15 is 0 Å². The van der Waals surface area contributed by atoms with Gasteiger partial charge in [0.05, 0.1) is 30.9 Å². The zero-order chi connectivity index (χ0) is 39.5. The average molecular weight is 748 g/mol. The number of nitrogens with two attached hydrogens (primary N) is 1. The zero-order valence-electron chi connectivity index (χ0n) is 31.6. The van der Waals surface area contributed by atoms with Gasteiger partial charge < -0.3 is 50.5 Å². The van der Waals surface area contributed by atoms with Crippen LogP contribution in [-0.4, -0.2) is 148 Å². The summed E-state index contributed by atoms with van der Waals surface area (Å²) in [7, 11) is 6.90. The molecule has 15 heteroatoms. The van der Waals surface area contributed by atoms with E-state index in [9.17, 15) is 24.0 Å². The second kappa shape index (κ2) is 22.7. The quantitative estimate of drug-likeness (QED) is 0.166. The molecule has 0 unspecified atom stereocenters. The first-order valence-corrected chi connectivity index (χ1v) is 17.7. The maximum absolute atomic E-state index is 12.0. The first kappa shape index (κ1) is 43.1. The maximum Gasteiger partial charge on any atom is 0.337 e. The number of carboxylic acids is 1. The van der Waals surface area contributed by atoms with Crippen molar-refractivity contribution in [1.82, 2.24) is 19.6 Å². The number of piperazine rings is 2. The van der Waals surface area contributed by atoms with Crippen molar-refractivity contribution in [2.24, 2.45) is 0 Å². The van der Waals surface area contributed by atoms with Crippen molar-refractivity contribution in [2.45, 2.75) is 12.8 Å². The van der Waals surface area contributed by atoms with Crippen molar-refractivity contribution < 1.29 is 38.6 Å². The first-order valence-electron chi connectivity index (χ1n) is 17.7. The molecule has 0 atom stereocenters. The van der Waals surface area contributed by atoms with Crippen LogP contribution in [0.2, 0.25) is 0 Å². The van der Waals surface area contributed by atoms with Gasteiger partial charge in [0.2, 0.25) is 11.8 Å².